The standard InChI is InChI=1S/C22H21FN4O3/c1-14(2)26-13-24-20-19(26)21(28)25(12-15-4-10-18(30-3)11-5-15)22(29)27(20)17-8-6-16(23)7-9-17/h4-11,13-14H,12H2,1-3H3. The number of halogens is 1. The van der Waals surface area contributed by atoms with Gasteiger partial charge in [-0.3, -0.25) is 9.36 Å². The van der Waals surface area contributed by atoms with Gasteiger partial charge in [0.25, 0.3) is 5.56 Å². The van der Waals surface area contributed by atoms with E-state index in [4.69, 9.17) is 4.74 Å². The molecule has 4 rings (SSSR count). The van der Waals surface area contributed by atoms with Gasteiger partial charge in [0.15, 0.2) is 11.2 Å². The van der Waals surface area contributed by atoms with Gasteiger partial charge in [-0.05, 0) is 55.8 Å². The number of aromatic nitrogens is 4. The van der Waals surface area contributed by atoms with Crippen molar-refractivity contribution in [3.8, 4) is 11.4 Å². The molecule has 0 aliphatic rings. The van der Waals surface area contributed by atoms with Crippen molar-refractivity contribution in [3.05, 3.63) is 87.1 Å². The summed E-state index contributed by atoms with van der Waals surface area (Å²) < 4.78 is 22.9. The third-order valence-electron chi connectivity index (χ3n) is 5.00. The summed E-state index contributed by atoms with van der Waals surface area (Å²) in [5, 5.41) is 0. The van der Waals surface area contributed by atoms with Gasteiger partial charge in [-0.2, -0.15) is 0 Å². The monoisotopic (exact) mass is 408 g/mol. The summed E-state index contributed by atoms with van der Waals surface area (Å²) >= 11 is 0. The highest BCUT2D eigenvalue weighted by Gasteiger charge is 2.20. The van der Waals surface area contributed by atoms with Crippen LogP contribution in [0.1, 0.15) is 25.5 Å². The van der Waals surface area contributed by atoms with Gasteiger partial charge in [-0.1, -0.05) is 12.1 Å². The Kier molecular flexibility index (Phi) is 4.99. The zero-order valence-electron chi connectivity index (χ0n) is 16.9. The number of hydrogen-bond acceptors (Lipinski definition) is 4. The van der Waals surface area contributed by atoms with Crippen LogP contribution < -0.4 is 16.0 Å². The van der Waals surface area contributed by atoms with E-state index >= 15 is 0 Å². The van der Waals surface area contributed by atoms with E-state index in [2.05, 4.69) is 4.98 Å². The van der Waals surface area contributed by atoms with Crippen molar-refractivity contribution in [2.75, 3.05) is 7.11 Å². The molecule has 7 nitrogen and oxygen atoms in total. The molecule has 0 unspecified atom stereocenters. The zero-order valence-corrected chi connectivity index (χ0v) is 16.9. The first-order valence-electron chi connectivity index (χ1n) is 9.52. The molecule has 30 heavy (non-hydrogen) atoms. The summed E-state index contributed by atoms with van der Waals surface area (Å²) in [7, 11) is 1.57. The van der Waals surface area contributed by atoms with Crippen LogP contribution in [0, 0.1) is 5.82 Å². The summed E-state index contributed by atoms with van der Waals surface area (Å²) in [4.78, 5) is 31.0. The highest BCUT2D eigenvalue weighted by atomic mass is 19.1. The maximum Gasteiger partial charge on any atom is 0.337 e. The number of nitrogens with zero attached hydrogens (tertiary/aromatic N) is 4. The van der Waals surface area contributed by atoms with Crippen LogP contribution in [0.5, 0.6) is 5.75 Å². The average Bonchev–Trinajstić information content (AvgIpc) is 3.18. The molecule has 2 aromatic carbocycles. The maximum atomic E-state index is 13.4. The SMILES string of the molecule is COc1ccc(Cn2c(=O)c3c(ncn3C(C)C)n(-c3ccc(F)cc3)c2=O)cc1. The Morgan fingerprint density at radius 3 is 2.30 bits per heavy atom. The molecular weight excluding hydrogens is 387 g/mol. The van der Waals surface area contributed by atoms with Crippen LogP contribution in [-0.4, -0.2) is 25.8 Å². The number of methoxy groups -OCH3 is 1. The third kappa shape index (κ3) is 3.30. The molecule has 0 amide bonds. The molecule has 0 saturated heterocycles. The van der Waals surface area contributed by atoms with Crippen LogP contribution in [-0.2, 0) is 6.54 Å². The maximum absolute atomic E-state index is 13.4. The van der Waals surface area contributed by atoms with Gasteiger partial charge in [0, 0.05) is 6.04 Å². The molecule has 0 aliphatic carbocycles. The van der Waals surface area contributed by atoms with Gasteiger partial charge in [-0.25, -0.2) is 18.7 Å². The van der Waals surface area contributed by atoms with Gasteiger partial charge in [-0.15, -0.1) is 0 Å². The predicted octanol–water partition coefficient (Wildman–Crippen LogP) is 3.13. The summed E-state index contributed by atoms with van der Waals surface area (Å²) in [6, 6.07) is 12.6. The molecule has 8 heteroatoms. The van der Waals surface area contributed by atoms with Crippen LogP contribution in [0.15, 0.2) is 64.4 Å². The minimum absolute atomic E-state index is 0.0312. The summed E-state index contributed by atoms with van der Waals surface area (Å²) in [6.07, 6.45) is 1.55. The molecule has 0 spiro atoms. The fourth-order valence-corrected chi connectivity index (χ4v) is 3.41. The lowest BCUT2D eigenvalue weighted by atomic mass is 10.2. The van der Waals surface area contributed by atoms with Gasteiger partial charge in [0.05, 0.1) is 25.7 Å². The van der Waals surface area contributed by atoms with Crippen molar-refractivity contribution < 1.29 is 9.13 Å². The van der Waals surface area contributed by atoms with Gasteiger partial charge in [0.2, 0.25) is 0 Å². The second-order valence-corrected chi connectivity index (χ2v) is 7.25. The van der Waals surface area contributed by atoms with E-state index < -0.39 is 17.1 Å². The Morgan fingerprint density at radius 2 is 1.70 bits per heavy atom. The van der Waals surface area contributed by atoms with Crippen LogP contribution in [0.3, 0.4) is 0 Å². The minimum Gasteiger partial charge on any atom is -0.497 e. The van der Waals surface area contributed by atoms with E-state index in [1.807, 2.05) is 13.8 Å². The third-order valence-corrected chi connectivity index (χ3v) is 5.00. The van der Waals surface area contributed by atoms with E-state index in [0.717, 1.165) is 5.56 Å². The molecule has 154 valence electrons. The van der Waals surface area contributed by atoms with E-state index in [-0.39, 0.29) is 18.2 Å². The van der Waals surface area contributed by atoms with Crippen molar-refractivity contribution in [1.29, 1.82) is 0 Å². The van der Waals surface area contributed by atoms with E-state index in [1.54, 1.807) is 42.3 Å². The summed E-state index contributed by atoms with van der Waals surface area (Å²) in [5.74, 6) is 0.269. The molecule has 0 radical (unpaired) electrons. The molecule has 2 aromatic heterocycles. The summed E-state index contributed by atoms with van der Waals surface area (Å²) in [5.41, 5.74) is 0.817. The van der Waals surface area contributed by atoms with E-state index in [1.165, 1.54) is 33.4 Å². The minimum atomic E-state index is -0.538. The highest BCUT2D eigenvalue weighted by Crippen LogP contribution is 2.17. The number of benzene rings is 2. The first kappa shape index (κ1) is 19.6. The number of fused-ring (bicyclic) bond motifs is 1. The van der Waals surface area contributed by atoms with Crippen molar-refractivity contribution in [3.63, 3.8) is 0 Å². The van der Waals surface area contributed by atoms with E-state index in [9.17, 15) is 14.0 Å². The number of rotatable bonds is 5. The molecule has 0 saturated carbocycles. The van der Waals surface area contributed by atoms with Crippen molar-refractivity contribution in [1.82, 2.24) is 18.7 Å². The largest absolute Gasteiger partial charge is 0.497 e. The lowest BCUT2D eigenvalue weighted by molar-refractivity contribution is 0.414. The molecule has 2 heterocycles. The molecular formula is C22H21FN4O3. The van der Waals surface area contributed by atoms with Gasteiger partial charge in [0.1, 0.15) is 11.6 Å². The van der Waals surface area contributed by atoms with Gasteiger partial charge < -0.3 is 9.30 Å². The topological polar surface area (TPSA) is 71.1 Å². The molecule has 0 aliphatic heterocycles. The lowest BCUT2D eigenvalue weighted by Gasteiger charge is -2.14. The molecule has 0 atom stereocenters. The number of ether oxygens (including phenoxy) is 1. The van der Waals surface area contributed by atoms with Crippen molar-refractivity contribution in [2.24, 2.45) is 0 Å². The van der Waals surface area contributed by atoms with Crippen LogP contribution in [0.4, 0.5) is 4.39 Å². The van der Waals surface area contributed by atoms with Crippen LogP contribution in [0.25, 0.3) is 16.9 Å². The predicted molar refractivity (Wildman–Crippen MR) is 112 cm³/mol. The number of hydrogen-bond donors (Lipinski definition) is 0. The second-order valence-electron chi connectivity index (χ2n) is 7.25. The molecule has 0 N–H and O–H groups in total. The van der Waals surface area contributed by atoms with Crippen LogP contribution in [0.2, 0.25) is 0 Å². The Balaban J connectivity index is 1.99. The van der Waals surface area contributed by atoms with Gasteiger partial charge >= 0.3 is 5.69 Å². The van der Waals surface area contributed by atoms with Crippen molar-refractivity contribution >= 4 is 11.2 Å². The quantitative estimate of drug-likeness (QED) is 0.509. The van der Waals surface area contributed by atoms with Crippen molar-refractivity contribution in [2.45, 2.75) is 26.4 Å². The Hall–Kier alpha value is -3.68. The molecule has 0 bridgehead atoms. The Morgan fingerprint density at radius 1 is 1.03 bits per heavy atom. The molecule has 0 fully saturated rings. The van der Waals surface area contributed by atoms with Crippen LogP contribution >= 0.6 is 0 Å². The first-order valence-corrected chi connectivity index (χ1v) is 9.52. The Labute approximate surface area is 171 Å². The fourth-order valence-electron chi connectivity index (χ4n) is 3.41. The molecule has 4 aromatic rings. The Bertz CT molecular complexity index is 1320. The average molecular weight is 408 g/mol. The summed E-state index contributed by atoms with van der Waals surface area (Å²) in [6.45, 7) is 3.95. The highest BCUT2D eigenvalue weighted by molar-refractivity contribution is 5.72. The first-order chi connectivity index (χ1) is 14.4. The lowest BCUT2D eigenvalue weighted by Crippen LogP contribution is -2.40. The smallest absolute Gasteiger partial charge is 0.337 e. The fraction of sp³-hybridized carbons (Fsp3) is 0.227. The normalized spacial score (nSPS) is 11.4. The number of imidazole rings is 1. The van der Waals surface area contributed by atoms with E-state index in [0.29, 0.717) is 17.0 Å². The second kappa shape index (κ2) is 7.62. The zero-order chi connectivity index (χ0) is 21.4.